The van der Waals surface area contributed by atoms with Crippen LogP contribution in [0.5, 0.6) is 0 Å². The lowest BCUT2D eigenvalue weighted by Crippen LogP contribution is -2.08. The highest BCUT2D eigenvalue weighted by atomic mass is 79.9. The van der Waals surface area contributed by atoms with E-state index in [2.05, 4.69) is 37.5 Å². The van der Waals surface area contributed by atoms with E-state index in [0.29, 0.717) is 5.82 Å². The molecule has 0 radical (unpaired) electrons. The number of hydrogen-bond acceptors (Lipinski definition) is 4. The average Bonchev–Trinajstić information content (AvgIpc) is 2.87. The van der Waals surface area contributed by atoms with Crippen molar-refractivity contribution in [3.63, 3.8) is 0 Å². The van der Waals surface area contributed by atoms with E-state index < -0.39 is 0 Å². The lowest BCUT2D eigenvalue weighted by molar-refractivity contribution is 0.929. The van der Waals surface area contributed by atoms with E-state index in [4.69, 9.17) is 0 Å². The number of benzene rings is 2. The number of nitrogens with one attached hydrogen (secondary N) is 1. The molecule has 3 rings (SSSR count). The maximum Gasteiger partial charge on any atom is 0.203 e. The molecule has 0 bridgehead atoms. The first-order chi connectivity index (χ1) is 10.7. The van der Waals surface area contributed by atoms with Crippen molar-refractivity contribution in [2.24, 2.45) is 12.1 Å². The van der Waals surface area contributed by atoms with Crippen molar-refractivity contribution >= 4 is 38.4 Å². The summed E-state index contributed by atoms with van der Waals surface area (Å²) in [7, 11) is 1.87. The van der Waals surface area contributed by atoms with Gasteiger partial charge in [-0.15, -0.1) is 0 Å². The van der Waals surface area contributed by atoms with E-state index in [0.717, 1.165) is 21.2 Å². The predicted octanol–water partition coefficient (Wildman–Crippen LogP) is 3.68. The molecule has 0 atom stereocenters. The lowest BCUT2D eigenvalue weighted by atomic mass is 10.3. The average molecular weight is 354 g/mol. The third-order valence-corrected chi connectivity index (χ3v) is 3.77. The molecular weight excluding hydrogens is 342 g/mol. The summed E-state index contributed by atoms with van der Waals surface area (Å²) in [5.41, 5.74) is 5.72. The molecule has 0 unspecified atom stereocenters. The minimum absolute atomic E-state index is 0.238. The topological polar surface area (TPSA) is 66.0 Å². The van der Waals surface area contributed by atoms with Gasteiger partial charge in [0, 0.05) is 11.5 Å². The van der Waals surface area contributed by atoms with Crippen LogP contribution in [0.1, 0.15) is 5.82 Å². The summed E-state index contributed by atoms with van der Waals surface area (Å²) in [5.74, 6) is 0.535. The Morgan fingerprint density at radius 2 is 1.95 bits per heavy atom. The van der Waals surface area contributed by atoms with Gasteiger partial charge in [-0.05, 0) is 36.4 Å². The van der Waals surface area contributed by atoms with Gasteiger partial charge in [-0.3, -0.25) is 5.43 Å². The number of nitriles is 1. The standard InChI is InChI=1S/C16H12BrN5/c1-22-15-5-3-2-4-13(15)19-16(22)14(10-18)21-20-12-8-6-11(17)7-9-12/h2-9,20H,1H3/b21-14+. The molecule has 0 aliphatic carbocycles. The minimum Gasteiger partial charge on any atom is -0.325 e. The van der Waals surface area contributed by atoms with Crippen molar-refractivity contribution in [2.45, 2.75) is 0 Å². The number of halogens is 1. The number of para-hydroxylation sites is 2. The van der Waals surface area contributed by atoms with E-state index in [1.54, 1.807) is 0 Å². The summed E-state index contributed by atoms with van der Waals surface area (Å²) in [6, 6.07) is 17.4. The Morgan fingerprint density at radius 3 is 2.64 bits per heavy atom. The van der Waals surface area contributed by atoms with Crippen LogP contribution >= 0.6 is 15.9 Å². The Morgan fingerprint density at radius 1 is 1.23 bits per heavy atom. The van der Waals surface area contributed by atoms with E-state index in [1.165, 1.54) is 0 Å². The lowest BCUT2D eigenvalue weighted by Gasteiger charge is -2.02. The second-order valence-electron chi connectivity index (χ2n) is 4.67. The highest BCUT2D eigenvalue weighted by Gasteiger charge is 2.13. The van der Waals surface area contributed by atoms with E-state index in [1.807, 2.05) is 60.1 Å². The molecule has 0 amide bonds. The van der Waals surface area contributed by atoms with Crippen LogP contribution in [0.15, 0.2) is 58.1 Å². The summed E-state index contributed by atoms with van der Waals surface area (Å²) in [4.78, 5) is 4.47. The number of fused-ring (bicyclic) bond motifs is 1. The third-order valence-electron chi connectivity index (χ3n) is 3.25. The number of imidazole rings is 1. The highest BCUT2D eigenvalue weighted by Crippen LogP contribution is 2.16. The molecular formula is C16H12BrN5. The first kappa shape index (κ1) is 14.3. The van der Waals surface area contributed by atoms with Crippen LogP contribution in [-0.2, 0) is 7.05 Å². The van der Waals surface area contributed by atoms with Gasteiger partial charge in [0.25, 0.3) is 0 Å². The smallest absolute Gasteiger partial charge is 0.203 e. The van der Waals surface area contributed by atoms with Crippen molar-refractivity contribution in [3.8, 4) is 6.07 Å². The Bertz CT molecular complexity index is 887. The Hall–Kier alpha value is -2.65. The van der Waals surface area contributed by atoms with Crippen LogP contribution < -0.4 is 5.43 Å². The summed E-state index contributed by atoms with van der Waals surface area (Å²) >= 11 is 3.38. The summed E-state index contributed by atoms with van der Waals surface area (Å²) < 4.78 is 2.85. The Kier molecular flexibility index (Phi) is 3.90. The van der Waals surface area contributed by atoms with Crippen LogP contribution in [0.25, 0.3) is 11.0 Å². The molecule has 5 nitrogen and oxygen atoms in total. The number of rotatable bonds is 3. The molecule has 22 heavy (non-hydrogen) atoms. The molecule has 0 aliphatic heterocycles. The maximum absolute atomic E-state index is 9.37. The quantitative estimate of drug-likeness (QED) is 0.576. The van der Waals surface area contributed by atoms with Gasteiger partial charge in [-0.25, -0.2) is 4.98 Å². The summed E-state index contributed by atoms with van der Waals surface area (Å²) in [6.45, 7) is 0. The fourth-order valence-electron chi connectivity index (χ4n) is 2.13. The van der Waals surface area contributed by atoms with Gasteiger partial charge in [-0.1, -0.05) is 28.1 Å². The minimum atomic E-state index is 0.238. The first-order valence-corrected chi connectivity index (χ1v) is 7.39. The fourth-order valence-corrected chi connectivity index (χ4v) is 2.39. The van der Waals surface area contributed by atoms with E-state index >= 15 is 0 Å². The molecule has 108 valence electrons. The summed E-state index contributed by atoms with van der Waals surface area (Å²) in [5, 5.41) is 13.5. The van der Waals surface area contributed by atoms with Gasteiger partial charge in [-0.2, -0.15) is 10.4 Å². The maximum atomic E-state index is 9.37. The van der Waals surface area contributed by atoms with Crippen LogP contribution in [0.2, 0.25) is 0 Å². The van der Waals surface area contributed by atoms with Gasteiger partial charge < -0.3 is 4.57 Å². The van der Waals surface area contributed by atoms with Gasteiger partial charge in [0.1, 0.15) is 6.07 Å². The van der Waals surface area contributed by atoms with Crippen molar-refractivity contribution in [1.82, 2.24) is 9.55 Å². The number of anilines is 1. The first-order valence-electron chi connectivity index (χ1n) is 6.60. The predicted molar refractivity (Wildman–Crippen MR) is 90.6 cm³/mol. The van der Waals surface area contributed by atoms with Crippen LogP contribution in [-0.4, -0.2) is 15.3 Å². The van der Waals surface area contributed by atoms with Crippen LogP contribution in [0.3, 0.4) is 0 Å². The van der Waals surface area contributed by atoms with Crippen LogP contribution in [0, 0.1) is 11.3 Å². The molecule has 2 aromatic carbocycles. The van der Waals surface area contributed by atoms with Crippen LogP contribution in [0.4, 0.5) is 5.69 Å². The molecule has 0 spiro atoms. The largest absolute Gasteiger partial charge is 0.325 e. The van der Waals surface area contributed by atoms with Crippen molar-refractivity contribution < 1.29 is 0 Å². The zero-order chi connectivity index (χ0) is 15.5. The summed E-state index contributed by atoms with van der Waals surface area (Å²) in [6.07, 6.45) is 0. The number of aromatic nitrogens is 2. The molecule has 1 N–H and O–H groups in total. The van der Waals surface area contributed by atoms with Crippen molar-refractivity contribution in [3.05, 3.63) is 58.8 Å². The molecule has 3 aromatic rings. The monoisotopic (exact) mass is 353 g/mol. The third kappa shape index (κ3) is 2.71. The molecule has 0 saturated heterocycles. The number of nitrogens with zero attached hydrogens (tertiary/aromatic N) is 4. The van der Waals surface area contributed by atoms with Gasteiger partial charge in [0.2, 0.25) is 5.71 Å². The molecule has 0 aliphatic rings. The molecule has 1 aromatic heterocycles. The van der Waals surface area contributed by atoms with Crippen molar-refractivity contribution in [1.29, 1.82) is 5.26 Å². The molecule has 0 fully saturated rings. The second-order valence-corrected chi connectivity index (χ2v) is 5.59. The zero-order valence-electron chi connectivity index (χ0n) is 11.8. The molecule has 1 heterocycles. The SMILES string of the molecule is Cn1c(/C(C#N)=N/Nc2ccc(Br)cc2)nc2ccccc21. The van der Waals surface area contributed by atoms with E-state index in [9.17, 15) is 5.26 Å². The molecule has 0 saturated carbocycles. The number of hydrogen-bond donors (Lipinski definition) is 1. The van der Waals surface area contributed by atoms with Gasteiger partial charge in [0.15, 0.2) is 5.82 Å². The molecule has 6 heteroatoms. The number of hydrazone groups is 1. The van der Waals surface area contributed by atoms with Gasteiger partial charge in [0.05, 0.1) is 16.7 Å². The highest BCUT2D eigenvalue weighted by molar-refractivity contribution is 9.10. The Labute approximate surface area is 136 Å². The second kappa shape index (κ2) is 6.00. The van der Waals surface area contributed by atoms with E-state index in [-0.39, 0.29) is 5.71 Å². The van der Waals surface area contributed by atoms with Gasteiger partial charge >= 0.3 is 0 Å². The zero-order valence-corrected chi connectivity index (χ0v) is 13.4. The Balaban J connectivity index is 1.95. The fraction of sp³-hybridized carbons (Fsp3) is 0.0625. The normalized spacial score (nSPS) is 11.4. The number of aryl methyl sites for hydroxylation is 1. The van der Waals surface area contributed by atoms with Crippen molar-refractivity contribution in [2.75, 3.05) is 5.43 Å².